The minimum absolute atomic E-state index is 0.114. The highest BCUT2D eigenvalue weighted by molar-refractivity contribution is 6.06. The van der Waals surface area contributed by atoms with Crippen molar-refractivity contribution in [1.29, 1.82) is 0 Å². The number of nitrogens with two attached hydrogens (primary N) is 1. The normalized spacial score (nSPS) is 24.3. The van der Waals surface area contributed by atoms with E-state index in [-0.39, 0.29) is 17.4 Å². The van der Waals surface area contributed by atoms with Crippen LogP contribution >= 0.6 is 0 Å². The van der Waals surface area contributed by atoms with Gasteiger partial charge in [0.25, 0.3) is 5.91 Å². The molecule has 41 heavy (non-hydrogen) atoms. The zero-order valence-electron chi connectivity index (χ0n) is 21.9. The van der Waals surface area contributed by atoms with E-state index < -0.39 is 35.1 Å². The van der Waals surface area contributed by atoms with E-state index in [1.54, 1.807) is 30.6 Å². The van der Waals surface area contributed by atoms with Gasteiger partial charge in [-0.3, -0.25) is 19.6 Å². The van der Waals surface area contributed by atoms with Crippen LogP contribution in [-0.2, 0) is 23.1 Å². The Bertz CT molecular complexity index is 1730. The summed E-state index contributed by atoms with van der Waals surface area (Å²) in [6.07, 6.45) is 6.49. The Morgan fingerprint density at radius 1 is 1.00 bits per heavy atom. The second-order valence-corrected chi connectivity index (χ2v) is 11.0. The van der Waals surface area contributed by atoms with E-state index in [4.69, 9.17) is 5.73 Å². The molecule has 1 aliphatic heterocycles. The molecule has 4 N–H and O–H groups in total. The number of carbonyl (C=O) groups is 2. The molecule has 1 aromatic carbocycles. The standard InChI is InChI=1S/C31H26F2N6O2/c32-22-7-1-4-18(25(22)33)19-8-9-23(27-20(26(19)34)5-2-10-35-27)38-29(40)17-12-16-13-31(14-24(16)37-15-17)21-6-3-11-36-28(21)39-30(31)41/h1-7,10-12,15,19,23,26H,8-9,13-14,34H2,(H,38,40)(H,36,39,41)/t19-,23+,26-,31?/m0/s1. The van der Waals surface area contributed by atoms with Crippen molar-refractivity contribution in [2.75, 3.05) is 5.32 Å². The smallest absolute Gasteiger partial charge is 0.253 e. The van der Waals surface area contributed by atoms with Gasteiger partial charge in [0.2, 0.25) is 5.91 Å². The van der Waals surface area contributed by atoms with E-state index in [2.05, 4.69) is 25.6 Å². The van der Waals surface area contributed by atoms with Crippen molar-refractivity contribution in [3.63, 3.8) is 0 Å². The molecule has 0 bridgehead atoms. The molecule has 0 saturated heterocycles. The molecule has 8 nitrogen and oxygen atoms in total. The third kappa shape index (κ3) is 4.01. The molecule has 2 amide bonds. The molecule has 4 atom stereocenters. The maximum Gasteiger partial charge on any atom is 0.253 e. The topological polar surface area (TPSA) is 123 Å². The van der Waals surface area contributed by atoms with Gasteiger partial charge in [-0.1, -0.05) is 24.3 Å². The van der Waals surface area contributed by atoms with Gasteiger partial charge in [0.15, 0.2) is 11.6 Å². The predicted molar refractivity (Wildman–Crippen MR) is 146 cm³/mol. The second-order valence-electron chi connectivity index (χ2n) is 11.0. The van der Waals surface area contributed by atoms with Crippen LogP contribution in [0.15, 0.2) is 67.1 Å². The van der Waals surface area contributed by atoms with E-state index >= 15 is 0 Å². The molecule has 3 aromatic heterocycles. The first kappa shape index (κ1) is 25.4. The third-order valence-corrected chi connectivity index (χ3v) is 8.72. The zero-order valence-corrected chi connectivity index (χ0v) is 21.9. The lowest BCUT2D eigenvalue weighted by molar-refractivity contribution is -0.120. The fourth-order valence-corrected chi connectivity index (χ4v) is 6.66. The van der Waals surface area contributed by atoms with Crippen molar-refractivity contribution >= 4 is 17.6 Å². The summed E-state index contributed by atoms with van der Waals surface area (Å²) in [5, 5.41) is 5.95. The van der Waals surface area contributed by atoms with Crippen molar-refractivity contribution in [1.82, 2.24) is 20.3 Å². The van der Waals surface area contributed by atoms with Gasteiger partial charge >= 0.3 is 0 Å². The second kappa shape index (κ2) is 9.52. The first-order valence-electron chi connectivity index (χ1n) is 13.6. The van der Waals surface area contributed by atoms with Crippen LogP contribution in [-0.4, -0.2) is 26.8 Å². The van der Waals surface area contributed by atoms with Gasteiger partial charge in [-0.15, -0.1) is 0 Å². The summed E-state index contributed by atoms with van der Waals surface area (Å²) in [6, 6.07) is 12.1. The molecule has 1 unspecified atom stereocenters. The Balaban J connectivity index is 1.15. The van der Waals surface area contributed by atoms with E-state index in [0.717, 1.165) is 22.9 Å². The van der Waals surface area contributed by atoms with Crippen molar-refractivity contribution in [2.24, 2.45) is 5.73 Å². The molecule has 10 heteroatoms. The first-order chi connectivity index (χ1) is 19.9. The monoisotopic (exact) mass is 552 g/mol. The van der Waals surface area contributed by atoms with Crippen LogP contribution in [0, 0.1) is 11.6 Å². The molecule has 206 valence electrons. The highest BCUT2D eigenvalue weighted by Crippen LogP contribution is 2.46. The number of halogens is 2. The van der Waals surface area contributed by atoms with E-state index in [1.165, 1.54) is 12.3 Å². The van der Waals surface area contributed by atoms with E-state index in [9.17, 15) is 18.4 Å². The summed E-state index contributed by atoms with van der Waals surface area (Å²) in [6.45, 7) is 0. The predicted octanol–water partition coefficient (Wildman–Crippen LogP) is 4.19. The van der Waals surface area contributed by atoms with Crippen LogP contribution in [0.25, 0.3) is 0 Å². The maximum atomic E-state index is 14.8. The zero-order chi connectivity index (χ0) is 28.3. The molecule has 7 rings (SSSR count). The number of aromatic nitrogens is 3. The number of fused-ring (bicyclic) bond motifs is 4. The Morgan fingerprint density at radius 3 is 2.68 bits per heavy atom. The molecule has 0 radical (unpaired) electrons. The molecule has 0 saturated carbocycles. The molecule has 0 fully saturated rings. The van der Waals surface area contributed by atoms with Gasteiger partial charge in [0, 0.05) is 48.2 Å². The highest BCUT2D eigenvalue weighted by Gasteiger charge is 2.51. The summed E-state index contributed by atoms with van der Waals surface area (Å²) in [4.78, 5) is 40.0. The number of pyridine rings is 3. The average Bonchev–Trinajstić information content (AvgIpc) is 3.46. The maximum absolute atomic E-state index is 14.8. The minimum Gasteiger partial charge on any atom is -0.344 e. The molecule has 2 aliphatic carbocycles. The van der Waals surface area contributed by atoms with Gasteiger partial charge in [-0.25, -0.2) is 13.8 Å². The lowest BCUT2D eigenvalue weighted by Crippen LogP contribution is -2.35. The molecular weight excluding hydrogens is 526 g/mol. The van der Waals surface area contributed by atoms with Crippen LogP contribution < -0.4 is 16.4 Å². The number of benzene rings is 1. The number of nitrogens with one attached hydrogen (secondary N) is 2. The quantitative estimate of drug-likeness (QED) is 0.328. The van der Waals surface area contributed by atoms with E-state index in [0.29, 0.717) is 48.3 Å². The average molecular weight is 553 g/mol. The minimum atomic E-state index is -0.920. The van der Waals surface area contributed by atoms with Crippen LogP contribution in [0.5, 0.6) is 0 Å². The Kier molecular flexibility index (Phi) is 5.90. The van der Waals surface area contributed by atoms with Gasteiger partial charge in [-0.2, -0.15) is 0 Å². The number of rotatable bonds is 3. The number of amides is 2. The lowest BCUT2D eigenvalue weighted by Gasteiger charge is -2.23. The number of hydrogen-bond acceptors (Lipinski definition) is 6. The van der Waals surface area contributed by atoms with Gasteiger partial charge in [0.05, 0.1) is 22.7 Å². The molecule has 4 heterocycles. The first-order valence-corrected chi connectivity index (χ1v) is 13.6. The summed E-state index contributed by atoms with van der Waals surface area (Å²) in [7, 11) is 0. The van der Waals surface area contributed by atoms with Crippen LogP contribution in [0.4, 0.5) is 14.6 Å². The third-order valence-electron chi connectivity index (χ3n) is 8.72. The van der Waals surface area contributed by atoms with E-state index in [1.807, 2.05) is 18.2 Å². The molecule has 1 spiro atoms. The fraction of sp³-hybridized carbons (Fsp3) is 0.258. The summed E-state index contributed by atoms with van der Waals surface area (Å²) >= 11 is 0. The van der Waals surface area contributed by atoms with Gasteiger partial charge in [-0.05, 0) is 60.2 Å². The van der Waals surface area contributed by atoms with Gasteiger partial charge < -0.3 is 16.4 Å². The SMILES string of the molecule is N[C@@H]1c2cccnc2[C@H](NC(=O)c2cnc3c(c2)CC2(C3)C(=O)Nc3ncccc32)CC[C@H]1c1cccc(F)c1F. The molecule has 3 aliphatic rings. The number of anilines is 1. The molecule has 4 aromatic rings. The number of carbonyl (C=O) groups excluding carboxylic acids is 2. The van der Waals surface area contributed by atoms with Gasteiger partial charge in [0.1, 0.15) is 5.82 Å². The van der Waals surface area contributed by atoms with Crippen molar-refractivity contribution in [2.45, 2.75) is 49.1 Å². The van der Waals surface area contributed by atoms with Crippen LogP contribution in [0.1, 0.15) is 74.8 Å². The van der Waals surface area contributed by atoms with Crippen LogP contribution in [0.3, 0.4) is 0 Å². The van der Waals surface area contributed by atoms with Crippen molar-refractivity contribution < 1.29 is 18.4 Å². The Morgan fingerprint density at radius 2 is 1.80 bits per heavy atom. The highest BCUT2D eigenvalue weighted by atomic mass is 19.2. The lowest BCUT2D eigenvalue weighted by atomic mass is 9.80. The van der Waals surface area contributed by atoms with Crippen molar-refractivity contribution in [3.05, 3.63) is 118 Å². The van der Waals surface area contributed by atoms with Crippen molar-refractivity contribution in [3.8, 4) is 0 Å². The number of hydrogen-bond donors (Lipinski definition) is 3. The fourth-order valence-electron chi connectivity index (χ4n) is 6.66. The number of nitrogens with zero attached hydrogens (tertiary/aromatic N) is 3. The Labute approximate surface area is 234 Å². The van der Waals surface area contributed by atoms with Crippen LogP contribution in [0.2, 0.25) is 0 Å². The summed E-state index contributed by atoms with van der Waals surface area (Å²) in [5.41, 5.74) is 10.2. The molecular formula is C31H26F2N6O2. The largest absolute Gasteiger partial charge is 0.344 e. The Hall–Kier alpha value is -4.57. The summed E-state index contributed by atoms with van der Waals surface area (Å²) in [5.74, 6) is -2.21. The summed E-state index contributed by atoms with van der Waals surface area (Å²) < 4.78 is 28.8.